The number of unbranched alkanes of at least 4 members (excludes halogenated alkanes) is 1. The van der Waals surface area contributed by atoms with Gasteiger partial charge in [0.2, 0.25) is 0 Å². The molecule has 118 valence electrons. The molecule has 0 unspecified atom stereocenters. The van der Waals surface area contributed by atoms with Gasteiger partial charge in [0.15, 0.2) is 11.8 Å². The highest BCUT2D eigenvalue weighted by Crippen LogP contribution is 2.14. The van der Waals surface area contributed by atoms with Gasteiger partial charge < -0.3 is 8.83 Å². The third kappa shape index (κ3) is 8.21. The lowest BCUT2D eigenvalue weighted by atomic mass is 10.4. The van der Waals surface area contributed by atoms with Gasteiger partial charge in [-0.15, -0.1) is 0 Å². The monoisotopic (exact) mass is 328 g/mol. The van der Waals surface area contributed by atoms with Crippen LogP contribution in [0.2, 0.25) is 0 Å². The number of hydrogen-bond donors (Lipinski definition) is 0. The zero-order valence-electron chi connectivity index (χ0n) is 13.2. The fourth-order valence-corrected chi connectivity index (χ4v) is 2.90. The summed E-state index contributed by atoms with van der Waals surface area (Å²) in [7, 11) is 0. The van der Waals surface area contributed by atoms with Gasteiger partial charge in [0.1, 0.15) is 11.5 Å². The van der Waals surface area contributed by atoms with Crippen LogP contribution in [0.4, 0.5) is 0 Å². The first kappa shape index (κ1) is 18.2. The maximum absolute atomic E-state index is 5.33. The molecule has 0 aliphatic heterocycles. The lowest BCUT2D eigenvalue weighted by Gasteiger charge is -1.95. The predicted octanol–water partition coefficient (Wildman–Crippen LogP) is 4.86. The molecule has 6 heteroatoms. The molecule has 0 fully saturated rings. The van der Waals surface area contributed by atoms with Crippen LogP contribution in [0.25, 0.3) is 0 Å². The zero-order valence-corrected chi connectivity index (χ0v) is 14.9. The van der Waals surface area contributed by atoms with Crippen molar-refractivity contribution in [2.24, 2.45) is 0 Å². The van der Waals surface area contributed by atoms with Crippen LogP contribution in [0.3, 0.4) is 0 Å². The van der Waals surface area contributed by atoms with E-state index in [2.05, 4.69) is 16.9 Å². The maximum Gasteiger partial charge on any atom is 0.191 e. The van der Waals surface area contributed by atoms with Crippen LogP contribution in [0, 0.1) is 13.8 Å². The molecular weight excluding hydrogens is 304 g/mol. The van der Waals surface area contributed by atoms with E-state index in [1.54, 1.807) is 18.0 Å². The molecule has 0 atom stereocenters. The van der Waals surface area contributed by atoms with E-state index in [0.29, 0.717) is 0 Å². The number of nitrogens with zero attached hydrogens (tertiary/aromatic N) is 2. The lowest BCUT2D eigenvalue weighted by Crippen LogP contribution is -1.79. The van der Waals surface area contributed by atoms with Gasteiger partial charge in [-0.25, -0.2) is 9.97 Å². The molecule has 4 nitrogen and oxygen atoms in total. The molecule has 0 bridgehead atoms. The van der Waals surface area contributed by atoms with Crippen molar-refractivity contribution in [2.45, 2.75) is 45.1 Å². The van der Waals surface area contributed by atoms with Gasteiger partial charge in [-0.1, -0.05) is 13.3 Å². The summed E-state index contributed by atoms with van der Waals surface area (Å²) in [6.07, 6.45) is 8.18. The van der Waals surface area contributed by atoms with Crippen LogP contribution in [-0.4, -0.2) is 22.0 Å². The highest BCUT2D eigenvalue weighted by atomic mass is 32.2. The Morgan fingerprint density at radius 1 is 1.00 bits per heavy atom. The minimum atomic E-state index is 0.749. The molecule has 0 aromatic carbocycles. The second-order valence-electron chi connectivity index (χ2n) is 4.53. The van der Waals surface area contributed by atoms with Crippen LogP contribution >= 0.6 is 23.5 Å². The Morgan fingerprint density at radius 3 is 2.00 bits per heavy atom. The molecular formula is C15H24N2O2S2. The van der Waals surface area contributed by atoms with Crippen molar-refractivity contribution in [1.29, 1.82) is 0 Å². The molecule has 0 saturated carbocycles. The van der Waals surface area contributed by atoms with Gasteiger partial charge in [-0.2, -0.15) is 23.5 Å². The summed E-state index contributed by atoms with van der Waals surface area (Å²) in [6, 6.07) is 0. The van der Waals surface area contributed by atoms with Crippen molar-refractivity contribution in [1.82, 2.24) is 9.97 Å². The fraction of sp³-hybridized carbons (Fsp3) is 0.600. The molecule has 21 heavy (non-hydrogen) atoms. The highest BCUT2D eigenvalue weighted by molar-refractivity contribution is 7.98. The van der Waals surface area contributed by atoms with Crippen molar-refractivity contribution in [2.75, 3.05) is 12.0 Å². The lowest BCUT2D eigenvalue weighted by molar-refractivity contribution is 0.490. The molecule has 0 N–H and O–H groups in total. The maximum atomic E-state index is 5.33. The smallest absolute Gasteiger partial charge is 0.191 e. The average molecular weight is 329 g/mol. The fourth-order valence-electron chi connectivity index (χ4n) is 1.51. The number of hydrogen-bond acceptors (Lipinski definition) is 6. The molecule has 0 radical (unpaired) electrons. The number of aryl methyl sites for hydroxylation is 2. The van der Waals surface area contributed by atoms with E-state index in [1.165, 1.54) is 18.6 Å². The SMILES string of the molecule is CCCCSCc1cnc(C)o1.CSCc1cnc(C)o1. The summed E-state index contributed by atoms with van der Waals surface area (Å²) in [6.45, 7) is 5.93. The predicted molar refractivity (Wildman–Crippen MR) is 90.8 cm³/mol. The van der Waals surface area contributed by atoms with Gasteiger partial charge in [-0.3, -0.25) is 0 Å². The topological polar surface area (TPSA) is 52.1 Å². The summed E-state index contributed by atoms with van der Waals surface area (Å²) >= 11 is 3.64. The van der Waals surface area contributed by atoms with Crippen molar-refractivity contribution in [3.05, 3.63) is 35.7 Å². The van der Waals surface area contributed by atoms with E-state index in [0.717, 1.165) is 34.8 Å². The van der Waals surface area contributed by atoms with Crippen LogP contribution in [0.1, 0.15) is 43.1 Å². The molecule has 0 aliphatic rings. The zero-order chi connectivity index (χ0) is 15.5. The van der Waals surface area contributed by atoms with Crippen molar-refractivity contribution >= 4 is 23.5 Å². The first-order chi connectivity index (χ1) is 10.2. The Balaban J connectivity index is 0.000000219. The van der Waals surface area contributed by atoms with Gasteiger partial charge in [0.05, 0.1) is 23.9 Å². The van der Waals surface area contributed by atoms with Gasteiger partial charge in [0.25, 0.3) is 0 Å². The van der Waals surface area contributed by atoms with E-state index >= 15 is 0 Å². The number of oxazole rings is 2. The second kappa shape index (κ2) is 10.8. The van der Waals surface area contributed by atoms with E-state index in [4.69, 9.17) is 8.83 Å². The minimum Gasteiger partial charge on any atom is -0.445 e. The van der Waals surface area contributed by atoms with Crippen LogP contribution < -0.4 is 0 Å². The summed E-state index contributed by atoms with van der Waals surface area (Å²) in [4.78, 5) is 7.99. The number of aromatic nitrogens is 2. The summed E-state index contributed by atoms with van der Waals surface area (Å²) < 4.78 is 10.5. The summed E-state index contributed by atoms with van der Waals surface area (Å²) in [5.41, 5.74) is 0. The average Bonchev–Trinajstić information content (AvgIpc) is 3.05. The second-order valence-corrected chi connectivity index (χ2v) is 6.50. The Morgan fingerprint density at radius 2 is 1.57 bits per heavy atom. The van der Waals surface area contributed by atoms with Gasteiger partial charge in [0, 0.05) is 13.8 Å². The van der Waals surface area contributed by atoms with Crippen molar-refractivity contribution in [3.63, 3.8) is 0 Å². The third-order valence-corrected chi connectivity index (χ3v) is 4.15. The van der Waals surface area contributed by atoms with E-state index in [-0.39, 0.29) is 0 Å². The highest BCUT2D eigenvalue weighted by Gasteiger charge is 1.98. The minimum absolute atomic E-state index is 0.749. The third-order valence-electron chi connectivity index (χ3n) is 2.51. The van der Waals surface area contributed by atoms with Crippen molar-refractivity contribution in [3.8, 4) is 0 Å². The summed E-state index contributed by atoms with van der Waals surface area (Å²) in [5, 5.41) is 0. The Hall–Kier alpha value is -0.880. The molecule has 0 spiro atoms. The van der Waals surface area contributed by atoms with E-state index in [1.807, 2.05) is 38.1 Å². The quantitative estimate of drug-likeness (QED) is 0.676. The first-order valence-electron chi connectivity index (χ1n) is 7.05. The molecule has 0 aliphatic carbocycles. The Kier molecular flexibility index (Phi) is 9.34. The molecule has 2 aromatic heterocycles. The van der Waals surface area contributed by atoms with Crippen molar-refractivity contribution < 1.29 is 8.83 Å². The Labute approximate surface area is 135 Å². The van der Waals surface area contributed by atoms with Crippen LogP contribution in [-0.2, 0) is 11.5 Å². The number of rotatable bonds is 7. The molecule has 0 saturated heterocycles. The largest absolute Gasteiger partial charge is 0.445 e. The normalized spacial score (nSPS) is 10.3. The standard InChI is InChI=1S/C9H15NOS.C6H9NOS/c1-3-4-5-12-7-9-6-10-8(2)11-9;1-5-7-3-6(8-5)4-9-2/h6H,3-5,7H2,1-2H3;3H,4H2,1-2H3. The molecule has 2 aromatic rings. The van der Waals surface area contributed by atoms with Crippen LogP contribution in [0.5, 0.6) is 0 Å². The molecule has 0 amide bonds. The van der Waals surface area contributed by atoms with Gasteiger partial charge >= 0.3 is 0 Å². The first-order valence-corrected chi connectivity index (χ1v) is 9.59. The van der Waals surface area contributed by atoms with E-state index in [9.17, 15) is 0 Å². The Bertz CT molecular complexity index is 497. The van der Waals surface area contributed by atoms with E-state index < -0.39 is 0 Å². The number of thioether (sulfide) groups is 2. The molecule has 2 heterocycles. The summed E-state index contributed by atoms with van der Waals surface area (Å²) in [5.74, 6) is 6.56. The molecule has 2 rings (SSSR count). The van der Waals surface area contributed by atoms with Gasteiger partial charge in [-0.05, 0) is 18.4 Å². The van der Waals surface area contributed by atoms with Crippen LogP contribution in [0.15, 0.2) is 21.2 Å².